The number of nitrogens with zero attached hydrogens (tertiary/aromatic N) is 2. The van der Waals surface area contributed by atoms with Crippen molar-refractivity contribution in [3.05, 3.63) is 36.2 Å². The molecule has 1 aromatic heterocycles. The minimum Gasteiger partial charge on any atom is -0.378 e. The summed E-state index contributed by atoms with van der Waals surface area (Å²) in [5.74, 6) is 1.50. The highest BCUT2D eigenvalue weighted by molar-refractivity contribution is 5.94. The molecule has 128 valence electrons. The van der Waals surface area contributed by atoms with Gasteiger partial charge in [-0.05, 0) is 30.9 Å². The zero-order valence-electron chi connectivity index (χ0n) is 14.2. The number of amides is 1. The Hall–Kier alpha value is -2.21. The number of benzene rings is 1. The number of hydrogen-bond acceptors (Lipinski definition) is 4. The Morgan fingerprint density at radius 2 is 2.17 bits per heavy atom. The monoisotopic (exact) mass is 328 g/mol. The molecule has 1 saturated heterocycles. The number of rotatable bonds is 5. The number of hydrogen-bond donors (Lipinski definition) is 2. The summed E-state index contributed by atoms with van der Waals surface area (Å²) in [5, 5.41) is 9.69. The Labute approximate surface area is 142 Å². The van der Waals surface area contributed by atoms with Gasteiger partial charge in [-0.25, -0.2) is 4.98 Å². The number of nitrogens with one attached hydrogen (secondary N) is 2. The number of aromatic nitrogens is 3. The van der Waals surface area contributed by atoms with Crippen molar-refractivity contribution in [1.29, 1.82) is 0 Å². The summed E-state index contributed by atoms with van der Waals surface area (Å²) >= 11 is 0. The Morgan fingerprint density at radius 3 is 2.83 bits per heavy atom. The van der Waals surface area contributed by atoms with Gasteiger partial charge in [-0.3, -0.25) is 9.89 Å². The van der Waals surface area contributed by atoms with Gasteiger partial charge >= 0.3 is 0 Å². The lowest BCUT2D eigenvalue weighted by Crippen LogP contribution is -2.41. The van der Waals surface area contributed by atoms with E-state index in [0.717, 1.165) is 25.0 Å². The Balaban J connectivity index is 1.58. The van der Waals surface area contributed by atoms with Gasteiger partial charge in [-0.1, -0.05) is 26.0 Å². The highest BCUT2D eigenvalue weighted by Crippen LogP contribution is 2.25. The summed E-state index contributed by atoms with van der Waals surface area (Å²) < 4.78 is 5.88. The summed E-state index contributed by atoms with van der Waals surface area (Å²) in [6, 6.07) is 7.36. The molecule has 2 heterocycles. The van der Waals surface area contributed by atoms with Crippen molar-refractivity contribution in [2.24, 2.45) is 11.8 Å². The molecule has 0 unspecified atom stereocenters. The molecule has 1 fully saturated rings. The molecule has 0 radical (unpaired) electrons. The van der Waals surface area contributed by atoms with Crippen LogP contribution in [0.4, 0.5) is 0 Å². The fourth-order valence-corrected chi connectivity index (χ4v) is 3.27. The second-order valence-electron chi connectivity index (χ2n) is 6.60. The van der Waals surface area contributed by atoms with Crippen LogP contribution in [0.5, 0.6) is 0 Å². The molecule has 0 spiro atoms. The fourth-order valence-electron chi connectivity index (χ4n) is 3.27. The van der Waals surface area contributed by atoms with Crippen molar-refractivity contribution in [2.45, 2.75) is 32.8 Å². The number of H-pyrrole nitrogens is 1. The quantitative estimate of drug-likeness (QED) is 0.884. The van der Waals surface area contributed by atoms with Gasteiger partial charge in [0.1, 0.15) is 6.33 Å². The second-order valence-corrected chi connectivity index (χ2v) is 6.60. The van der Waals surface area contributed by atoms with Gasteiger partial charge in [-0.2, -0.15) is 5.10 Å². The summed E-state index contributed by atoms with van der Waals surface area (Å²) in [5.41, 5.74) is 1.56. The SMILES string of the molecule is CC(C)[C@H]1OCCC[C@H]1CNC(=O)c1ccc(-c2ncn[nH]2)cc1. The van der Waals surface area contributed by atoms with E-state index in [2.05, 4.69) is 34.3 Å². The Morgan fingerprint density at radius 1 is 1.38 bits per heavy atom. The van der Waals surface area contributed by atoms with E-state index in [4.69, 9.17) is 4.74 Å². The van der Waals surface area contributed by atoms with Crippen LogP contribution in [0, 0.1) is 11.8 Å². The van der Waals surface area contributed by atoms with E-state index in [9.17, 15) is 4.79 Å². The first-order valence-electron chi connectivity index (χ1n) is 8.50. The first-order chi connectivity index (χ1) is 11.6. The maximum Gasteiger partial charge on any atom is 0.251 e. The van der Waals surface area contributed by atoms with Gasteiger partial charge in [0.2, 0.25) is 0 Å². The van der Waals surface area contributed by atoms with Gasteiger partial charge in [0.05, 0.1) is 6.10 Å². The molecule has 24 heavy (non-hydrogen) atoms. The lowest BCUT2D eigenvalue weighted by molar-refractivity contribution is -0.0510. The number of ether oxygens (including phenoxy) is 1. The minimum absolute atomic E-state index is 0.0489. The average molecular weight is 328 g/mol. The molecule has 6 heteroatoms. The van der Waals surface area contributed by atoms with Crippen LogP contribution in [0.3, 0.4) is 0 Å². The van der Waals surface area contributed by atoms with E-state index in [1.807, 2.05) is 24.3 Å². The normalized spacial score (nSPS) is 21.0. The molecule has 1 aromatic carbocycles. The fraction of sp³-hybridized carbons (Fsp3) is 0.500. The van der Waals surface area contributed by atoms with Crippen LogP contribution in [-0.4, -0.2) is 40.3 Å². The highest BCUT2D eigenvalue weighted by Gasteiger charge is 2.28. The van der Waals surface area contributed by atoms with Gasteiger partial charge in [0.25, 0.3) is 5.91 Å². The topological polar surface area (TPSA) is 79.9 Å². The zero-order chi connectivity index (χ0) is 16.9. The summed E-state index contributed by atoms with van der Waals surface area (Å²) in [4.78, 5) is 16.5. The second kappa shape index (κ2) is 7.57. The number of aromatic amines is 1. The van der Waals surface area contributed by atoms with Crippen molar-refractivity contribution in [1.82, 2.24) is 20.5 Å². The summed E-state index contributed by atoms with van der Waals surface area (Å²) in [6.07, 6.45) is 3.86. The van der Waals surface area contributed by atoms with E-state index in [-0.39, 0.29) is 12.0 Å². The Bertz CT molecular complexity index is 652. The van der Waals surface area contributed by atoms with E-state index in [1.165, 1.54) is 6.33 Å². The van der Waals surface area contributed by atoms with Crippen LogP contribution in [0.1, 0.15) is 37.0 Å². The van der Waals surface area contributed by atoms with Crippen molar-refractivity contribution in [3.8, 4) is 11.4 Å². The number of carbonyl (C=O) groups is 1. The lowest BCUT2D eigenvalue weighted by Gasteiger charge is -2.34. The molecular formula is C18H24N4O2. The smallest absolute Gasteiger partial charge is 0.251 e. The maximum atomic E-state index is 12.4. The third-order valence-electron chi connectivity index (χ3n) is 4.51. The molecule has 0 aliphatic carbocycles. The average Bonchev–Trinajstić information content (AvgIpc) is 3.14. The summed E-state index contributed by atoms with van der Waals surface area (Å²) in [6.45, 7) is 5.84. The third-order valence-corrected chi connectivity index (χ3v) is 4.51. The summed E-state index contributed by atoms with van der Waals surface area (Å²) in [7, 11) is 0. The number of carbonyl (C=O) groups excluding carboxylic acids is 1. The van der Waals surface area contributed by atoms with E-state index < -0.39 is 0 Å². The standard InChI is InChI=1S/C18H24N4O2/c1-12(2)16-15(4-3-9-24-16)10-19-18(23)14-7-5-13(6-8-14)17-20-11-21-22-17/h5-8,11-12,15-16H,3-4,9-10H2,1-2H3,(H,19,23)(H,20,21,22)/t15-,16+/m0/s1. The molecule has 2 N–H and O–H groups in total. The molecule has 3 rings (SSSR count). The van der Waals surface area contributed by atoms with Crippen LogP contribution in [0.25, 0.3) is 11.4 Å². The molecule has 2 aromatic rings. The van der Waals surface area contributed by atoms with Crippen molar-refractivity contribution in [2.75, 3.05) is 13.2 Å². The molecule has 6 nitrogen and oxygen atoms in total. The molecular weight excluding hydrogens is 304 g/mol. The molecule has 1 amide bonds. The van der Waals surface area contributed by atoms with Gasteiger partial charge in [0.15, 0.2) is 5.82 Å². The van der Waals surface area contributed by atoms with Gasteiger partial charge < -0.3 is 10.1 Å². The van der Waals surface area contributed by atoms with Gasteiger partial charge in [-0.15, -0.1) is 0 Å². The van der Waals surface area contributed by atoms with Crippen LogP contribution >= 0.6 is 0 Å². The zero-order valence-corrected chi connectivity index (χ0v) is 14.2. The molecule has 1 aliphatic rings. The van der Waals surface area contributed by atoms with Crippen molar-refractivity contribution in [3.63, 3.8) is 0 Å². The lowest BCUT2D eigenvalue weighted by atomic mass is 9.87. The predicted molar refractivity (Wildman–Crippen MR) is 91.5 cm³/mol. The van der Waals surface area contributed by atoms with Crippen LogP contribution < -0.4 is 5.32 Å². The molecule has 1 aliphatic heterocycles. The van der Waals surface area contributed by atoms with Crippen molar-refractivity contribution < 1.29 is 9.53 Å². The Kier molecular flexibility index (Phi) is 5.25. The first-order valence-corrected chi connectivity index (χ1v) is 8.50. The molecule has 2 atom stereocenters. The van der Waals surface area contributed by atoms with E-state index in [0.29, 0.717) is 29.8 Å². The van der Waals surface area contributed by atoms with Crippen molar-refractivity contribution >= 4 is 5.91 Å². The van der Waals surface area contributed by atoms with E-state index >= 15 is 0 Å². The van der Waals surface area contributed by atoms with Crippen LogP contribution in [0.15, 0.2) is 30.6 Å². The maximum absolute atomic E-state index is 12.4. The predicted octanol–water partition coefficient (Wildman–Crippen LogP) is 2.65. The van der Waals surface area contributed by atoms with E-state index in [1.54, 1.807) is 0 Å². The molecule has 0 saturated carbocycles. The third kappa shape index (κ3) is 3.82. The largest absolute Gasteiger partial charge is 0.378 e. The van der Waals surface area contributed by atoms with Gasteiger partial charge in [0, 0.05) is 30.2 Å². The molecule has 0 bridgehead atoms. The van der Waals surface area contributed by atoms with Crippen LogP contribution in [0.2, 0.25) is 0 Å². The minimum atomic E-state index is -0.0489. The van der Waals surface area contributed by atoms with Crippen LogP contribution in [-0.2, 0) is 4.74 Å². The highest BCUT2D eigenvalue weighted by atomic mass is 16.5. The first kappa shape index (κ1) is 16.6.